The van der Waals surface area contributed by atoms with Gasteiger partial charge in [-0.15, -0.1) is 0 Å². The van der Waals surface area contributed by atoms with Crippen LogP contribution in [0.3, 0.4) is 0 Å². The van der Waals surface area contributed by atoms with Gasteiger partial charge >= 0.3 is 5.97 Å². The fourth-order valence-corrected chi connectivity index (χ4v) is 4.72. The van der Waals surface area contributed by atoms with Crippen molar-refractivity contribution >= 4 is 39.0 Å². The smallest absolute Gasteiger partial charge is 0.306 e. The Labute approximate surface area is 156 Å². The average molecular weight is 406 g/mol. The van der Waals surface area contributed by atoms with Gasteiger partial charge in [-0.3, -0.25) is 9.59 Å². The number of sulfone groups is 1. The number of nitrogens with one attached hydrogen (secondary N) is 1. The van der Waals surface area contributed by atoms with Crippen LogP contribution in [0.2, 0.25) is 5.02 Å². The lowest BCUT2D eigenvalue weighted by molar-refractivity contribution is -0.148. The lowest BCUT2D eigenvalue weighted by Gasteiger charge is -2.13. The van der Waals surface area contributed by atoms with E-state index in [9.17, 15) is 18.0 Å². The molecule has 0 radical (unpaired) electrons. The van der Waals surface area contributed by atoms with Gasteiger partial charge in [-0.25, -0.2) is 8.42 Å². The minimum Gasteiger partial charge on any atom is -0.495 e. The first-order valence-electron chi connectivity index (χ1n) is 7.81. The Morgan fingerprint density at radius 2 is 1.92 bits per heavy atom. The first kappa shape index (κ1) is 20.3. The zero-order valence-corrected chi connectivity index (χ0v) is 16.0. The fourth-order valence-electron chi connectivity index (χ4n) is 2.62. The normalized spacial score (nSPS) is 18.2. The summed E-state index contributed by atoms with van der Waals surface area (Å²) in [6.07, 6.45) is 0.412. The lowest BCUT2D eigenvalue weighted by Crippen LogP contribution is -2.22. The molecule has 1 amide bonds. The topological polar surface area (TPSA) is 108 Å². The summed E-state index contributed by atoms with van der Waals surface area (Å²) in [6.45, 7) is -0.495. The van der Waals surface area contributed by atoms with Crippen LogP contribution in [0.1, 0.15) is 12.8 Å². The Balaban J connectivity index is 1.87. The maximum Gasteiger partial charge on any atom is 0.306 e. The molecule has 0 bridgehead atoms. The molecule has 1 aromatic rings. The Bertz CT molecular complexity index is 794. The number of ether oxygens (including phenoxy) is 3. The van der Waals surface area contributed by atoms with Crippen LogP contribution in [0.5, 0.6) is 11.5 Å². The van der Waals surface area contributed by atoms with Gasteiger partial charge in [0.15, 0.2) is 16.4 Å². The summed E-state index contributed by atoms with van der Waals surface area (Å²) in [7, 11) is -0.177. The summed E-state index contributed by atoms with van der Waals surface area (Å²) in [4.78, 5) is 23.7. The predicted octanol–water partition coefficient (Wildman–Crippen LogP) is 1.66. The number of anilines is 1. The van der Waals surface area contributed by atoms with Crippen molar-refractivity contribution in [1.82, 2.24) is 0 Å². The highest BCUT2D eigenvalue weighted by molar-refractivity contribution is 7.91. The van der Waals surface area contributed by atoms with Crippen LogP contribution >= 0.6 is 11.6 Å². The van der Waals surface area contributed by atoms with Crippen LogP contribution in [0.15, 0.2) is 12.1 Å². The average Bonchev–Trinajstić information content (AvgIpc) is 2.91. The molecule has 1 saturated heterocycles. The van der Waals surface area contributed by atoms with Gasteiger partial charge in [0, 0.05) is 12.5 Å². The van der Waals surface area contributed by atoms with Gasteiger partial charge < -0.3 is 19.5 Å². The molecule has 10 heteroatoms. The maximum absolute atomic E-state index is 12.0. The summed E-state index contributed by atoms with van der Waals surface area (Å²) in [5.41, 5.74) is 0.307. The van der Waals surface area contributed by atoms with Crippen molar-refractivity contribution in [2.45, 2.75) is 12.8 Å². The maximum atomic E-state index is 12.0. The van der Waals surface area contributed by atoms with E-state index in [4.69, 9.17) is 25.8 Å². The number of carbonyl (C=O) groups is 2. The van der Waals surface area contributed by atoms with E-state index in [0.717, 1.165) is 0 Å². The van der Waals surface area contributed by atoms with Crippen molar-refractivity contribution in [1.29, 1.82) is 0 Å². The van der Waals surface area contributed by atoms with Crippen LogP contribution < -0.4 is 14.8 Å². The Morgan fingerprint density at radius 1 is 1.23 bits per heavy atom. The van der Waals surface area contributed by atoms with E-state index in [1.165, 1.54) is 26.4 Å². The predicted molar refractivity (Wildman–Crippen MR) is 95.5 cm³/mol. The quantitative estimate of drug-likeness (QED) is 0.687. The molecule has 2 rings (SSSR count). The van der Waals surface area contributed by atoms with E-state index in [2.05, 4.69) is 5.32 Å². The Morgan fingerprint density at radius 3 is 2.50 bits per heavy atom. The number of benzene rings is 1. The second-order valence-corrected chi connectivity index (χ2v) is 8.51. The first-order chi connectivity index (χ1) is 12.2. The summed E-state index contributed by atoms with van der Waals surface area (Å²) >= 11 is 6.02. The fraction of sp³-hybridized carbons (Fsp3) is 0.500. The summed E-state index contributed by atoms with van der Waals surface area (Å²) in [5, 5.41) is 2.82. The highest BCUT2D eigenvalue weighted by atomic mass is 35.5. The number of methoxy groups -OCH3 is 2. The highest BCUT2D eigenvalue weighted by Crippen LogP contribution is 2.35. The SMILES string of the molecule is COc1cc(OC)c(NC(=O)COC(=O)CC2CCS(=O)(=O)C2)cc1Cl. The van der Waals surface area contributed by atoms with Crippen LogP contribution in [0.25, 0.3) is 0 Å². The van der Waals surface area contributed by atoms with Gasteiger partial charge in [0.2, 0.25) is 0 Å². The van der Waals surface area contributed by atoms with Gasteiger partial charge in [-0.05, 0) is 18.4 Å². The number of carbonyl (C=O) groups excluding carboxylic acids is 2. The molecule has 0 aliphatic carbocycles. The molecule has 1 aliphatic rings. The van der Waals surface area contributed by atoms with E-state index in [1.54, 1.807) is 0 Å². The molecule has 26 heavy (non-hydrogen) atoms. The summed E-state index contributed by atoms with van der Waals surface area (Å²) in [5.74, 6) is -0.643. The lowest BCUT2D eigenvalue weighted by atomic mass is 10.1. The Hall–Kier alpha value is -2.00. The van der Waals surface area contributed by atoms with E-state index in [1.807, 2.05) is 0 Å². The molecule has 0 spiro atoms. The van der Waals surface area contributed by atoms with Crippen molar-refractivity contribution in [2.75, 3.05) is 37.6 Å². The van der Waals surface area contributed by atoms with Crippen molar-refractivity contribution in [3.05, 3.63) is 17.2 Å². The molecule has 1 fully saturated rings. The third-order valence-electron chi connectivity index (χ3n) is 3.89. The standard InChI is InChI=1S/C16H20ClNO7S/c1-23-13-7-14(24-2)12(6-11(13)17)18-15(19)8-25-16(20)5-10-3-4-26(21,22)9-10/h6-7,10H,3-5,8-9H2,1-2H3,(H,18,19). The molecule has 0 saturated carbocycles. The van der Waals surface area contributed by atoms with Crippen LogP contribution in [-0.4, -0.2) is 52.6 Å². The third-order valence-corrected chi connectivity index (χ3v) is 6.03. The van der Waals surface area contributed by atoms with Crippen LogP contribution in [-0.2, 0) is 24.2 Å². The number of esters is 1. The molecule has 144 valence electrons. The molecule has 1 atom stereocenters. The van der Waals surface area contributed by atoms with Gasteiger partial charge in [-0.2, -0.15) is 0 Å². The molecule has 1 heterocycles. The molecule has 0 aromatic heterocycles. The number of amides is 1. The third kappa shape index (κ3) is 5.50. The van der Waals surface area contributed by atoms with E-state index < -0.39 is 28.3 Å². The molecule has 1 aromatic carbocycles. The molecular weight excluding hydrogens is 386 g/mol. The number of hydrogen-bond donors (Lipinski definition) is 1. The van der Waals surface area contributed by atoms with Crippen molar-refractivity contribution < 1.29 is 32.2 Å². The van der Waals surface area contributed by atoms with Gasteiger partial charge in [0.05, 0.1) is 36.4 Å². The minimum absolute atomic E-state index is 0.0180. The highest BCUT2D eigenvalue weighted by Gasteiger charge is 2.30. The largest absolute Gasteiger partial charge is 0.495 e. The van der Waals surface area contributed by atoms with Crippen molar-refractivity contribution in [3.8, 4) is 11.5 Å². The Kier molecular flexibility index (Phi) is 6.71. The minimum atomic E-state index is -3.05. The van der Waals surface area contributed by atoms with E-state index in [0.29, 0.717) is 23.6 Å². The zero-order chi connectivity index (χ0) is 19.3. The van der Waals surface area contributed by atoms with Gasteiger partial charge in [0.1, 0.15) is 11.5 Å². The zero-order valence-electron chi connectivity index (χ0n) is 14.4. The van der Waals surface area contributed by atoms with E-state index >= 15 is 0 Å². The molecule has 1 N–H and O–H groups in total. The van der Waals surface area contributed by atoms with Crippen LogP contribution in [0.4, 0.5) is 5.69 Å². The number of halogens is 1. The second-order valence-electron chi connectivity index (χ2n) is 5.87. The molecular formula is C16H20ClNO7S. The summed E-state index contributed by atoms with van der Waals surface area (Å²) < 4.78 is 37.9. The van der Waals surface area contributed by atoms with Gasteiger partial charge in [-0.1, -0.05) is 11.6 Å². The molecule has 8 nitrogen and oxygen atoms in total. The second kappa shape index (κ2) is 8.59. The molecule has 1 unspecified atom stereocenters. The van der Waals surface area contributed by atoms with Crippen molar-refractivity contribution in [3.63, 3.8) is 0 Å². The number of hydrogen-bond acceptors (Lipinski definition) is 7. The van der Waals surface area contributed by atoms with Crippen LogP contribution in [0, 0.1) is 5.92 Å². The molecule has 1 aliphatic heterocycles. The monoisotopic (exact) mass is 405 g/mol. The summed E-state index contributed by atoms with van der Waals surface area (Å²) in [6, 6.07) is 2.98. The van der Waals surface area contributed by atoms with Crippen molar-refractivity contribution in [2.24, 2.45) is 5.92 Å². The first-order valence-corrected chi connectivity index (χ1v) is 10.0. The van der Waals surface area contributed by atoms with Gasteiger partial charge in [0.25, 0.3) is 5.91 Å². The van der Waals surface area contributed by atoms with E-state index in [-0.39, 0.29) is 28.9 Å². The number of rotatable bonds is 7.